The first-order valence-corrected chi connectivity index (χ1v) is 5.03. The Hall–Kier alpha value is -0.212. The van der Waals surface area contributed by atoms with Crippen LogP contribution in [0.1, 0.15) is 0 Å². The minimum absolute atomic E-state index is 0. The molecule has 0 radical (unpaired) electrons. The van der Waals surface area contributed by atoms with Gasteiger partial charge in [0.25, 0.3) is 0 Å². The number of hydrogen-bond donors (Lipinski definition) is 0. The van der Waals surface area contributed by atoms with Crippen LogP contribution in [0.5, 0.6) is 0 Å². The predicted molar refractivity (Wildman–Crippen MR) is 61.2 cm³/mol. The van der Waals surface area contributed by atoms with Crippen LogP contribution in [0.15, 0.2) is 42.6 Å². The summed E-state index contributed by atoms with van der Waals surface area (Å²) in [5, 5.41) is 0. The molecule has 0 unspecified atom stereocenters. The van der Waals surface area contributed by atoms with Gasteiger partial charge in [-0.2, -0.15) is 0 Å². The number of aromatic nitrogens is 1. The summed E-state index contributed by atoms with van der Waals surface area (Å²) >= 11 is 2.28. The van der Waals surface area contributed by atoms with Gasteiger partial charge in [-0.1, -0.05) is 38.3 Å². The summed E-state index contributed by atoms with van der Waals surface area (Å²) in [4.78, 5) is 4.26. The van der Waals surface area contributed by atoms with Gasteiger partial charge >= 0.3 is 0 Å². The summed E-state index contributed by atoms with van der Waals surface area (Å²) in [6, 6.07) is 15.1. The normalized spacial score (nSPS) is 9.21. The monoisotopic (exact) mass is 475 g/mol. The Morgan fingerprint density at radius 1 is 1.21 bits per heavy atom. The second-order valence-electron chi connectivity index (χ2n) is 2.64. The molecule has 0 amide bonds. The molecule has 1 nitrogen and oxygen atoms in total. The maximum atomic E-state index is 4.26. The van der Waals surface area contributed by atoms with Gasteiger partial charge in [-0.05, 0) is 11.8 Å². The summed E-state index contributed by atoms with van der Waals surface area (Å²) in [6.07, 6.45) is 1.79. The Kier molecular flexibility index (Phi) is 4.76. The molecule has 74 valence electrons. The maximum absolute atomic E-state index is 4.26. The molecule has 0 bridgehead atoms. The quantitative estimate of drug-likeness (QED) is 0.457. The van der Waals surface area contributed by atoms with Crippen LogP contribution in [0.3, 0.4) is 0 Å². The standard InChI is InChI=1S/C11H7IN.Pt/c12-10-5-3-4-9(8-10)11-6-1-2-7-13-11;/h1-3,5-8H;/q-1;. The van der Waals surface area contributed by atoms with Crippen LogP contribution in [0.25, 0.3) is 11.3 Å². The van der Waals surface area contributed by atoms with Gasteiger partial charge in [-0.15, -0.1) is 29.8 Å². The van der Waals surface area contributed by atoms with Crippen molar-refractivity contribution < 1.29 is 21.1 Å². The van der Waals surface area contributed by atoms with E-state index in [9.17, 15) is 0 Å². The second-order valence-corrected chi connectivity index (χ2v) is 3.88. The van der Waals surface area contributed by atoms with Crippen molar-refractivity contribution >= 4 is 22.6 Å². The molecule has 0 saturated heterocycles. The zero-order valence-corrected chi connectivity index (χ0v) is 11.6. The smallest absolute Gasteiger partial charge is 0.0160 e. The van der Waals surface area contributed by atoms with Crippen molar-refractivity contribution in [3.8, 4) is 11.3 Å². The minimum atomic E-state index is 0. The van der Waals surface area contributed by atoms with Gasteiger partial charge in [0.1, 0.15) is 0 Å². The predicted octanol–water partition coefficient (Wildman–Crippen LogP) is 3.15. The van der Waals surface area contributed by atoms with Gasteiger partial charge in [-0.3, -0.25) is 0 Å². The Balaban J connectivity index is 0.000000980. The second kappa shape index (κ2) is 5.62. The van der Waals surface area contributed by atoms with E-state index in [2.05, 4.69) is 39.7 Å². The van der Waals surface area contributed by atoms with E-state index in [1.54, 1.807) is 6.20 Å². The molecule has 0 saturated carbocycles. The summed E-state index contributed by atoms with van der Waals surface area (Å²) in [6.45, 7) is 0. The first-order chi connectivity index (χ1) is 6.36. The number of rotatable bonds is 1. The molecule has 2 rings (SSSR count). The number of pyridine rings is 1. The molecule has 0 aliphatic heterocycles. The van der Waals surface area contributed by atoms with Crippen LogP contribution in [-0.2, 0) is 21.1 Å². The van der Waals surface area contributed by atoms with Crippen molar-refractivity contribution in [2.24, 2.45) is 0 Å². The third-order valence-corrected chi connectivity index (χ3v) is 2.38. The van der Waals surface area contributed by atoms with E-state index in [0.717, 1.165) is 11.3 Å². The van der Waals surface area contributed by atoms with Crippen LogP contribution in [-0.4, -0.2) is 4.98 Å². The molecule has 1 aromatic carbocycles. The van der Waals surface area contributed by atoms with Crippen molar-refractivity contribution in [1.29, 1.82) is 0 Å². The average molecular weight is 475 g/mol. The third kappa shape index (κ3) is 2.89. The number of nitrogens with zero attached hydrogens (tertiary/aromatic N) is 1. The fourth-order valence-electron chi connectivity index (χ4n) is 1.11. The Morgan fingerprint density at radius 3 is 2.71 bits per heavy atom. The van der Waals surface area contributed by atoms with Gasteiger partial charge in [-0.25, -0.2) is 0 Å². The van der Waals surface area contributed by atoms with Crippen molar-refractivity contribution in [1.82, 2.24) is 4.98 Å². The Morgan fingerprint density at radius 2 is 2.07 bits per heavy atom. The zero-order valence-electron chi connectivity index (χ0n) is 7.18. The van der Waals surface area contributed by atoms with E-state index in [1.807, 2.05) is 30.3 Å². The van der Waals surface area contributed by atoms with E-state index < -0.39 is 0 Å². The van der Waals surface area contributed by atoms with E-state index >= 15 is 0 Å². The van der Waals surface area contributed by atoms with Crippen molar-refractivity contribution in [3.05, 3.63) is 52.2 Å². The molecule has 0 aliphatic carbocycles. The maximum Gasteiger partial charge on any atom is 0.0160 e. The minimum Gasteiger partial charge on any atom is -0.305 e. The zero-order chi connectivity index (χ0) is 9.10. The van der Waals surface area contributed by atoms with Gasteiger partial charge in [0.05, 0.1) is 0 Å². The molecule has 0 spiro atoms. The first-order valence-electron chi connectivity index (χ1n) is 3.95. The molecular weight excluding hydrogens is 468 g/mol. The van der Waals surface area contributed by atoms with Crippen LogP contribution in [0, 0.1) is 9.64 Å². The summed E-state index contributed by atoms with van der Waals surface area (Å²) in [5.41, 5.74) is 2.02. The van der Waals surface area contributed by atoms with Crippen LogP contribution in [0.2, 0.25) is 0 Å². The molecule has 0 fully saturated rings. The molecule has 2 aromatic rings. The van der Waals surface area contributed by atoms with Gasteiger partial charge in [0.2, 0.25) is 0 Å². The molecule has 1 aromatic heterocycles. The number of benzene rings is 1. The number of halogens is 1. The first kappa shape index (κ1) is 11.9. The van der Waals surface area contributed by atoms with Crippen molar-refractivity contribution in [3.63, 3.8) is 0 Å². The average Bonchev–Trinajstić information content (AvgIpc) is 2.19. The SMILES string of the molecule is Ic1cc[c-]c(-c2ccccn2)c1.[Pt]. The van der Waals surface area contributed by atoms with Crippen LogP contribution in [0.4, 0.5) is 0 Å². The molecule has 14 heavy (non-hydrogen) atoms. The molecule has 0 N–H and O–H groups in total. The third-order valence-electron chi connectivity index (χ3n) is 1.70. The molecule has 0 atom stereocenters. The number of hydrogen-bond acceptors (Lipinski definition) is 1. The summed E-state index contributed by atoms with van der Waals surface area (Å²) < 4.78 is 1.21. The Bertz CT molecular complexity index is 403. The van der Waals surface area contributed by atoms with Crippen LogP contribution < -0.4 is 0 Å². The van der Waals surface area contributed by atoms with E-state index in [1.165, 1.54) is 3.57 Å². The molecule has 1 heterocycles. The molecule has 3 heteroatoms. The molecule has 0 aliphatic rings. The van der Waals surface area contributed by atoms with E-state index in [4.69, 9.17) is 0 Å². The Labute approximate surface area is 111 Å². The fraction of sp³-hybridized carbons (Fsp3) is 0. The topological polar surface area (TPSA) is 12.9 Å². The summed E-state index contributed by atoms with van der Waals surface area (Å²) in [7, 11) is 0. The fourth-order valence-corrected chi connectivity index (χ4v) is 1.60. The van der Waals surface area contributed by atoms with Crippen molar-refractivity contribution in [2.45, 2.75) is 0 Å². The van der Waals surface area contributed by atoms with Gasteiger partial charge in [0, 0.05) is 27.3 Å². The van der Waals surface area contributed by atoms with Crippen LogP contribution >= 0.6 is 22.6 Å². The largest absolute Gasteiger partial charge is 0.305 e. The van der Waals surface area contributed by atoms with Gasteiger partial charge in [0.15, 0.2) is 0 Å². The van der Waals surface area contributed by atoms with Gasteiger partial charge < -0.3 is 4.98 Å². The van der Waals surface area contributed by atoms with Crippen molar-refractivity contribution in [2.75, 3.05) is 0 Å². The molecular formula is C11H7INPt-. The van der Waals surface area contributed by atoms with E-state index in [0.29, 0.717) is 0 Å². The van der Waals surface area contributed by atoms with E-state index in [-0.39, 0.29) is 21.1 Å². The summed E-state index contributed by atoms with van der Waals surface area (Å²) in [5.74, 6) is 0.